The van der Waals surface area contributed by atoms with Crippen molar-refractivity contribution >= 4 is 10.9 Å². The molecule has 26 heavy (non-hydrogen) atoms. The van der Waals surface area contributed by atoms with E-state index in [2.05, 4.69) is 17.1 Å². The fraction of sp³-hybridized carbons (Fsp3) is 0.333. The van der Waals surface area contributed by atoms with Gasteiger partial charge in [0.2, 0.25) is 0 Å². The summed E-state index contributed by atoms with van der Waals surface area (Å²) in [4.78, 5) is 3.40. The number of unbranched alkanes of at least 4 members (excludes halogenated alkanes) is 1. The molecule has 0 fully saturated rings. The van der Waals surface area contributed by atoms with Gasteiger partial charge in [-0.3, -0.25) is 0 Å². The number of halogens is 3. The van der Waals surface area contributed by atoms with Gasteiger partial charge in [-0.25, -0.2) is 0 Å². The largest absolute Gasteiger partial charge is 0.416 e. The normalized spacial score (nSPS) is 12.1. The predicted molar refractivity (Wildman–Crippen MR) is 100 cm³/mol. The smallest absolute Gasteiger partial charge is 0.354 e. The number of fused-ring (bicyclic) bond motifs is 1. The molecule has 0 unspecified atom stereocenters. The highest BCUT2D eigenvalue weighted by atomic mass is 19.4. The van der Waals surface area contributed by atoms with E-state index >= 15 is 0 Å². The first-order valence-corrected chi connectivity index (χ1v) is 8.81. The predicted octanol–water partition coefficient (Wildman–Crippen LogP) is 5.75. The van der Waals surface area contributed by atoms with Crippen LogP contribution in [0.1, 0.15) is 35.1 Å². The zero-order chi connectivity index (χ0) is 18.9. The molecule has 0 aliphatic heterocycles. The van der Waals surface area contributed by atoms with E-state index in [1.165, 1.54) is 12.1 Å². The van der Waals surface area contributed by atoms with Gasteiger partial charge in [-0.05, 0) is 74.0 Å². The molecule has 0 saturated carbocycles. The minimum absolute atomic E-state index is 0.566. The van der Waals surface area contributed by atoms with Crippen molar-refractivity contribution in [2.24, 2.45) is 5.73 Å². The number of alkyl halides is 3. The van der Waals surface area contributed by atoms with Crippen molar-refractivity contribution in [1.82, 2.24) is 4.98 Å². The number of aromatic amines is 1. The van der Waals surface area contributed by atoms with Crippen molar-refractivity contribution in [3.63, 3.8) is 0 Å². The molecule has 138 valence electrons. The van der Waals surface area contributed by atoms with E-state index in [0.717, 1.165) is 58.6 Å². The van der Waals surface area contributed by atoms with Gasteiger partial charge in [0.15, 0.2) is 0 Å². The minimum atomic E-state index is -4.35. The monoisotopic (exact) mass is 360 g/mol. The molecule has 1 aromatic heterocycles. The average molecular weight is 360 g/mol. The lowest BCUT2D eigenvalue weighted by Gasteiger charge is -2.10. The molecule has 0 aliphatic rings. The highest BCUT2D eigenvalue weighted by molar-refractivity contribution is 5.93. The molecule has 5 heteroatoms. The Morgan fingerprint density at radius 1 is 1.04 bits per heavy atom. The van der Waals surface area contributed by atoms with Gasteiger partial charge in [0.1, 0.15) is 0 Å². The maximum atomic E-state index is 13.1. The van der Waals surface area contributed by atoms with Gasteiger partial charge in [-0.15, -0.1) is 0 Å². The Morgan fingerprint density at radius 3 is 2.50 bits per heavy atom. The molecule has 3 aromatic rings. The van der Waals surface area contributed by atoms with E-state index in [1.807, 2.05) is 13.8 Å². The first-order chi connectivity index (χ1) is 12.3. The number of nitrogens with two attached hydrogens (primary N) is 1. The summed E-state index contributed by atoms with van der Waals surface area (Å²) in [5.41, 5.74) is 10.7. The van der Waals surface area contributed by atoms with Crippen LogP contribution in [0.15, 0.2) is 36.4 Å². The lowest BCUT2D eigenvalue weighted by molar-refractivity contribution is -0.137. The van der Waals surface area contributed by atoms with Crippen molar-refractivity contribution in [3.8, 4) is 11.3 Å². The molecule has 2 aromatic carbocycles. The van der Waals surface area contributed by atoms with E-state index in [0.29, 0.717) is 12.1 Å². The third-order valence-corrected chi connectivity index (χ3v) is 4.97. The topological polar surface area (TPSA) is 41.8 Å². The Hall–Kier alpha value is -2.27. The zero-order valence-electron chi connectivity index (χ0n) is 15.0. The SMILES string of the molecule is Cc1ccc2c(CCCCN)c(-c3cccc(C(F)(F)F)c3)[nH]c2c1C. The summed E-state index contributed by atoms with van der Waals surface area (Å²) in [6, 6.07) is 9.64. The maximum Gasteiger partial charge on any atom is 0.416 e. The van der Waals surface area contributed by atoms with Crippen LogP contribution in [-0.4, -0.2) is 11.5 Å². The molecule has 3 N–H and O–H groups in total. The van der Waals surface area contributed by atoms with Gasteiger partial charge < -0.3 is 10.7 Å². The molecule has 2 nitrogen and oxygen atoms in total. The number of hydrogen-bond donors (Lipinski definition) is 2. The van der Waals surface area contributed by atoms with Crippen LogP contribution >= 0.6 is 0 Å². The fourth-order valence-corrected chi connectivity index (χ4v) is 3.37. The van der Waals surface area contributed by atoms with Crippen LogP contribution in [0.25, 0.3) is 22.2 Å². The Bertz CT molecular complexity index is 923. The average Bonchev–Trinajstić information content (AvgIpc) is 2.97. The maximum absolute atomic E-state index is 13.1. The van der Waals surface area contributed by atoms with Gasteiger partial charge in [0, 0.05) is 16.6 Å². The Kier molecular flexibility index (Phi) is 5.10. The second-order valence-electron chi connectivity index (χ2n) is 6.73. The van der Waals surface area contributed by atoms with Crippen LogP contribution in [-0.2, 0) is 12.6 Å². The first kappa shape index (κ1) is 18.5. The fourth-order valence-electron chi connectivity index (χ4n) is 3.37. The Morgan fingerprint density at radius 2 is 1.81 bits per heavy atom. The van der Waals surface area contributed by atoms with Crippen molar-refractivity contribution < 1.29 is 13.2 Å². The molecular weight excluding hydrogens is 337 g/mol. The van der Waals surface area contributed by atoms with Gasteiger partial charge in [-0.2, -0.15) is 13.2 Å². The molecule has 0 bridgehead atoms. The number of nitrogens with one attached hydrogen (secondary N) is 1. The zero-order valence-corrected chi connectivity index (χ0v) is 15.0. The second-order valence-corrected chi connectivity index (χ2v) is 6.73. The molecule has 0 amide bonds. The van der Waals surface area contributed by atoms with E-state index in [-0.39, 0.29) is 0 Å². The van der Waals surface area contributed by atoms with Crippen molar-refractivity contribution in [1.29, 1.82) is 0 Å². The lowest BCUT2D eigenvalue weighted by atomic mass is 9.97. The lowest BCUT2D eigenvalue weighted by Crippen LogP contribution is -2.04. The molecule has 0 saturated heterocycles. The Labute approximate surface area is 151 Å². The van der Waals surface area contributed by atoms with Crippen LogP contribution in [0.2, 0.25) is 0 Å². The van der Waals surface area contributed by atoms with Crippen LogP contribution in [0.5, 0.6) is 0 Å². The molecule has 0 radical (unpaired) electrons. The van der Waals surface area contributed by atoms with Gasteiger partial charge in [-0.1, -0.05) is 24.3 Å². The number of aryl methyl sites for hydroxylation is 3. The number of H-pyrrole nitrogens is 1. The summed E-state index contributed by atoms with van der Waals surface area (Å²) in [6.45, 7) is 4.68. The van der Waals surface area contributed by atoms with E-state index < -0.39 is 11.7 Å². The third-order valence-electron chi connectivity index (χ3n) is 4.97. The van der Waals surface area contributed by atoms with Crippen LogP contribution in [0, 0.1) is 13.8 Å². The molecule has 0 spiro atoms. The summed E-state index contributed by atoms with van der Waals surface area (Å²) in [6.07, 6.45) is -1.78. The number of rotatable bonds is 5. The minimum Gasteiger partial charge on any atom is -0.354 e. The van der Waals surface area contributed by atoms with Gasteiger partial charge in [0.05, 0.1) is 5.56 Å². The van der Waals surface area contributed by atoms with Gasteiger partial charge in [0.25, 0.3) is 0 Å². The summed E-state index contributed by atoms with van der Waals surface area (Å²) < 4.78 is 39.4. The summed E-state index contributed by atoms with van der Waals surface area (Å²) in [5.74, 6) is 0. The van der Waals surface area contributed by atoms with Crippen LogP contribution < -0.4 is 5.73 Å². The third kappa shape index (κ3) is 3.49. The standard InChI is InChI=1S/C21H23F3N2/c1-13-9-10-18-17(8-3-4-11-25)20(26-19(18)14(13)2)15-6-5-7-16(12-15)21(22,23)24/h5-7,9-10,12,26H,3-4,8,11,25H2,1-2H3. The summed E-state index contributed by atoms with van der Waals surface area (Å²) in [5, 5.41) is 1.08. The highest BCUT2D eigenvalue weighted by Crippen LogP contribution is 2.37. The van der Waals surface area contributed by atoms with Crippen LogP contribution in [0.3, 0.4) is 0 Å². The Balaban J connectivity index is 2.18. The van der Waals surface area contributed by atoms with Crippen molar-refractivity contribution in [2.45, 2.75) is 39.3 Å². The number of benzene rings is 2. The summed E-state index contributed by atoms with van der Waals surface area (Å²) in [7, 11) is 0. The molecule has 3 rings (SSSR count). The molecular formula is C21H23F3N2. The highest BCUT2D eigenvalue weighted by Gasteiger charge is 2.30. The second kappa shape index (κ2) is 7.16. The number of hydrogen-bond acceptors (Lipinski definition) is 1. The first-order valence-electron chi connectivity index (χ1n) is 8.81. The molecule has 1 heterocycles. The van der Waals surface area contributed by atoms with E-state index in [1.54, 1.807) is 6.07 Å². The summed E-state index contributed by atoms with van der Waals surface area (Å²) >= 11 is 0. The van der Waals surface area contributed by atoms with Crippen molar-refractivity contribution in [3.05, 3.63) is 58.7 Å². The van der Waals surface area contributed by atoms with Crippen LogP contribution in [0.4, 0.5) is 13.2 Å². The van der Waals surface area contributed by atoms with E-state index in [9.17, 15) is 13.2 Å². The van der Waals surface area contributed by atoms with E-state index in [4.69, 9.17) is 5.73 Å². The van der Waals surface area contributed by atoms with Crippen molar-refractivity contribution in [2.75, 3.05) is 6.54 Å². The number of aromatic nitrogens is 1. The van der Waals surface area contributed by atoms with Gasteiger partial charge >= 0.3 is 6.18 Å². The quantitative estimate of drug-likeness (QED) is 0.559. The molecule has 0 aliphatic carbocycles. The molecule has 0 atom stereocenters.